The minimum absolute atomic E-state index is 0.0723. The summed E-state index contributed by atoms with van der Waals surface area (Å²) in [4.78, 5) is 14.4. The minimum Gasteiger partial charge on any atom is -0.324 e. The molecule has 110 valence electrons. The molecule has 0 spiro atoms. The Kier molecular flexibility index (Phi) is 5.22. The Morgan fingerprint density at radius 2 is 2.10 bits per heavy atom. The molecule has 0 saturated carbocycles. The van der Waals surface area contributed by atoms with Crippen LogP contribution in [-0.4, -0.2) is 30.4 Å². The Bertz CT molecular complexity index is 501. The standard InChI is InChI=1S/C16H23BrN2O/c1-11-5-4-6-19(9-11)10-16(20)18-15-8-13(3)12(2)7-14(15)17/h7-8,11H,4-6,9-10H2,1-3H3,(H,18,20). The van der Waals surface area contributed by atoms with Gasteiger partial charge in [-0.1, -0.05) is 6.92 Å². The van der Waals surface area contributed by atoms with Crippen LogP contribution in [0.15, 0.2) is 16.6 Å². The number of amides is 1. The number of aryl methyl sites for hydroxylation is 2. The first kappa shape index (κ1) is 15.5. The molecule has 1 aliphatic rings. The third-order valence-corrected chi connectivity index (χ3v) is 4.62. The monoisotopic (exact) mass is 338 g/mol. The lowest BCUT2D eigenvalue weighted by Crippen LogP contribution is -2.39. The lowest BCUT2D eigenvalue weighted by Gasteiger charge is -2.30. The Hall–Kier alpha value is -0.870. The Morgan fingerprint density at radius 3 is 2.80 bits per heavy atom. The lowest BCUT2D eigenvalue weighted by molar-refractivity contribution is -0.117. The first-order chi connectivity index (χ1) is 9.45. The van der Waals surface area contributed by atoms with Crippen molar-refractivity contribution in [1.82, 2.24) is 4.90 Å². The number of halogens is 1. The third-order valence-electron chi connectivity index (χ3n) is 3.97. The number of likely N-dealkylation sites (tertiary alicyclic amines) is 1. The summed E-state index contributed by atoms with van der Waals surface area (Å²) >= 11 is 3.52. The number of piperidine rings is 1. The highest BCUT2D eigenvalue weighted by atomic mass is 79.9. The lowest BCUT2D eigenvalue weighted by atomic mass is 10.0. The normalized spacial score (nSPS) is 19.9. The Balaban J connectivity index is 1.96. The van der Waals surface area contributed by atoms with Gasteiger partial charge >= 0.3 is 0 Å². The van der Waals surface area contributed by atoms with Gasteiger partial charge in [0.15, 0.2) is 0 Å². The van der Waals surface area contributed by atoms with Crippen LogP contribution in [0.3, 0.4) is 0 Å². The van der Waals surface area contributed by atoms with Crippen molar-refractivity contribution in [3.63, 3.8) is 0 Å². The fourth-order valence-corrected chi connectivity index (χ4v) is 3.26. The molecule has 1 atom stereocenters. The molecule has 3 nitrogen and oxygen atoms in total. The summed E-state index contributed by atoms with van der Waals surface area (Å²) in [5.74, 6) is 0.771. The zero-order valence-electron chi connectivity index (χ0n) is 12.5. The molecule has 1 aliphatic heterocycles. The molecule has 1 unspecified atom stereocenters. The van der Waals surface area contributed by atoms with Gasteiger partial charge in [-0.25, -0.2) is 0 Å². The van der Waals surface area contributed by atoms with Crippen LogP contribution >= 0.6 is 15.9 Å². The zero-order chi connectivity index (χ0) is 14.7. The molecule has 2 rings (SSSR count). The van der Waals surface area contributed by atoms with E-state index in [4.69, 9.17) is 0 Å². The van der Waals surface area contributed by atoms with Crippen LogP contribution in [0.4, 0.5) is 5.69 Å². The van der Waals surface area contributed by atoms with Gasteiger partial charge in [-0.2, -0.15) is 0 Å². The van der Waals surface area contributed by atoms with Crippen LogP contribution in [0.2, 0.25) is 0 Å². The molecular formula is C16H23BrN2O. The van der Waals surface area contributed by atoms with Gasteiger partial charge in [0.05, 0.1) is 12.2 Å². The molecule has 0 radical (unpaired) electrons. The molecule has 20 heavy (non-hydrogen) atoms. The first-order valence-electron chi connectivity index (χ1n) is 7.24. The van der Waals surface area contributed by atoms with E-state index in [-0.39, 0.29) is 5.91 Å². The van der Waals surface area contributed by atoms with Gasteiger partial charge in [-0.15, -0.1) is 0 Å². The molecular weight excluding hydrogens is 316 g/mol. The van der Waals surface area contributed by atoms with Crippen molar-refractivity contribution in [3.05, 3.63) is 27.7 Å². The topological polar surface area (TPSA) is 32.3 Å². The van der Waals surface area contributed by atoms with Crippen molar-refractivity contribution in [3.8, 4) is 0 Å². The predicted octanol–water partition coefficient (Wildman–Crippen LogP) is 3.74. The number of hydrogen-bond donors (Lipinski definition) is 1. The van der Waals surface area contributed by atoms with E-state index in [0.29, 0.717) is 12.5 Å². The van der Waals surface area contributed by atoms with Gasteiger partial charge in [-0.3, -0.25) is 9.69 Å². The van der Waals surface area contributed by atoms with Crippen LogP contribution in [0.25, 0.3) is 0 Å². The number of benzene rings is 1. The highest BCUT2D eigenvalue weighted by Gasteiger charge is 2.18. The van der Waals surface area contributed by atoms with E-state index in [9.17, 15) is 4.79 Å². The fourth-order valence-electron chi connectivity index (χ4n) is 2.70. The second kappa shape index (κ2) is 6.72. The van der Waals surface area contributed by atoms with E-state index in [1.165, 1.54) is 24.0 Å². The number of carbonyl (C=O) groups excluding carboxylic acids is 1. The highest BCUT2D eigenvalue weighted by Crippen LogP contribution is 2.26. The number of carbonyl (C=O) groups is 1. The van der Waals surface area contributed by atoms with E-state index >= 15 is 0 Å². The summed E-state index contributed by atoms with van der Waals surface area (Å²) in [7, 11) is 0. The van der Waals surface area contributed by atoms with Crippen LogP contribution in [0.5, 0.6) is 0 Å². The maximum Gasteiger partial charge on any atom is 0.238 e. The molecule has 1 saturated heterocycles. The summed E-state index contributed by atoms with van der Waals surface area (Å²) in [5, 5.41) is 3.01. The first-order valence-corrected chi connectivity index (χ1v) is 8.04. The minimum atomic E-state index is 0.0723. The molecule has 0 bridgehead atoms. The van der Waals surface area contributed by atoms with Gasteiger partial charge in [0.25, 0.3) is 0 Å². The van der Waals surface area contributed by atoms with E-state index in [1.807, 2.05) is 12.1 Å². The van der Waals surface area contributed by atoms with Crippen LogP contribution in [0.1, 0.15) is 30.9 Å². The van der Waals surface area contributed by atoms with Gasteiger partial charge in [0, 0.05) is 11.0 Å². The number of nitrogens with one attached hydrogen (secondary N) is 1. The van der Waals surface area contributed by atoms with E-state index < -0.39 is 0 Å². The Labute approximate surface area is 129 Å². The Morgan fingerprint density at radius 1 is 1.40 bits per heavy atom. The van der Waals surface area contributed by atoms with Crippen molar-refractivity contribution < 1.29 is 4.79 Å². The SMILES string of the molecule is Cc1cc(Br)c(NC(=O)CN2CCCC(C)C2)cc1C. The maximum absolute atomic E-state index is 12.2. The van der Waals surface area contributed by atoms with E-state index in [1.54, 1.807) is 0 Å². The summed E-state index contributed by atoms with van der Waals surface area (Å²) in [5.41, 5.74) is 3.28. The average Bonchev–Trinajstić information content (AvgIpc) is 2.36. The van der Waals surface area contributed by atoms with Crippen molar-refractivity contribution in [2.45, 2.75) is 33.6 Å². The summed E-state index contributed by atoms with van der Waals surface area (Å²) in [6, 6.07) is 4.07. The fraction of sp³-hybridized carbons (Fsp3) is 0.562. The molecule has 4 heteroatoms. The zero-order valence-corrected chi connectivity index (χ0v) is 14.1. The van der Waals surface area contributed by atoms with Crippen LogP contribution in [-0.2, 0) is 4.79 Å². The molecule has 1 aromatic carbocycles. The summed E-state index contributed by atoms with van der Waals surface area (Å²) in [6.45, 7) is 8.94. The average molecular weight is 339 g/mol. The summed E-state index contributed by atoms with van der Waals surface area (Å²) in [6.07, 6.45) is 2.47. The smallest absolute Gasteiger partial charge is 0.238 e. The second-order valence-corrected chi connectivity index (χ2v) is 6.80. The van der Waals surface area contributed by atoms with Crippen LogP contribution in [0, 0.1) is 19.8 Å². The number of hydrogen-bond acceptors (Lipinski definition) is 2. The molecule has 1 N–H and O–H groups in total. The molecule has 0 aliphatic carbocycles. The highest BCUT2D eigenvalue weighted by molar-refractivity contribution is 9.10. The number of nitrogens with zero attached hydrogens (tertiary/aromatic N) is 1. The van der Waals surface area contributed by atoms with E-state index in [2.05, 4.69) is 46.9 Å². The van der Waals surface area contributed by atoms with Gasteiger partial charge in [-0.05, 0) is 78.3 Å². The molecule has 1 aromatic rings. The van der Waals surface area contributed by atoms with Gasteiger partial charge < -0.3 is 5.32 Å². The molecule has 1 heterocycles. The van der Waals surface area contributed by atoms with E-state index in [0.717, 1.165) is 23.2 Å². The number of anilines is 1. The third kappa shape index (κ3) is 4.06. The van der Waals surface area contributed by atoms with Crippen molar-refractivity contribution in [2.24, 2.45) is 5.92 Å². The van der Waals surface area contributed by atoms with Crippen molar-refractivity contribution >= 4 is 27.5 Å². The quantitative estimate of drug-likeness (QED) is 0.910. The summed E-state index contributed by atoms with van der Waals surface area (Å²) < 4.78 is 0.945. The molecule has 1 amide bonds. The second-order valence-electron chi connectivity index (χ2n) is 5.95. The van der Waals surface area contributed by atoms with Crippen LogP contribution < -0.4 is 5.32 Å². The molecule has 0 aromatic heterocycles. The van der Waals surface area contributed by atoms with Gasteiger partial charge in [0.2, 0.25) is 5.91 Å². The van der Waals surface area contributed by atoms with Gasteiger partial charge in [0.1, 0.15) is 0 Å². The maximum atomic E-state index is 12.2. The largest absolute Gasteiger partial charge is 0.324 e. The predicted molar refractivity (Wildman–Crippen MR) is 87.1 cm³/mol. The molecule has 1 fully saturated rings. The van der Waals surface area contributed by atoms with Crippen molar-refractivity contribution in [2.75, 3.05) is 25.0 Å². The van der Waals surface area contributed by atoms with Crippen molar-refractivity contribution in [1.29, 1.82) is 0 Å². The number of rotatable bonds is 3.